The molecule has 1 aromatic carbocycles. The Morgan fingerprint density at radius 1 is 1.18 bits per heavy atom. The SMILES string of the molecule is O=C(c1cccc(C2CCC2)c1)c1cccs1. The summed E-state index contributed by atoms with van der Waals surface area (Å²) in [5.74, 6) is 0.840. The van der Waals surface area contributed by atoms with Crippen LogP contribution >= 0.6 is 11.3 Å². The van der Waals surface area contributed by atoms with Crippen LogP contribution in [0.1, 0.15) is 46.0 Å². The fourth-order valence-electron chi connectivity index (χ4n) is 2.23. The van der Waals surface area contributed by atoms with Crippen LogP contribution in [0.2, 0.25) is 0 Å². The zero-order valence-electron chi connectivity index (χ0n) is 9.56. The van der Waals surface area contributed by atoms with Crippen LogP contribution in [0.3, 0.4) is 0 Å². The van der Waals surface area contributed by atoms with Crippen molar-refractivity contribution >= 4 is 17.1 Å². The molecule has 17 heavy (non-hydrogen) atoms. The van der Waals surface area contributed by atoms with Gasteiger partial charge in [0.2, 0.25) is 5.78 Å². The van der Waals surface area contributed by atoms with Crippen molar-refractivity contribution in [2.75, 3.05) is 0 Å². The molecule has 0 unspecified atom stereocenters. The minimum Gasteiger partial charge on any atom is -0.288 e. The molecule has 0 aliphatic heterocycles. The molecule has 0 amide bonds. The first-order valence-electron chi connectivity index (χ1n) is 6.03. The van der Waals surface area contributed by atoms with Gasteiger partial charge in [0, 0.05) is 5.56 Å². The van der Waals surface area contributed by atoms with E-state index in [1.165, 1.54) is 36.2 Å². The highest BCUT2D eigenvalue weighted by Crippen LogP contribution is 2.36. The maximum absolute atomic E-state index is 12.2. The number of carbonyl (C=O) groups excluding carboxylic acids is 1. The van der Waals surface area contributed by atoms with Gasteiger partial charge in [-0.25, -0.2) is 0 Å². The summed E-state index contributed by atoms with van der Waals surface area (Å²) >= 11 is 1.51. The van der Waals surface area contributed by atoms with Gasteiger partial charge in [0.25, 0.3) is 0 Å². The first-order valence-corrected chi connectivity index (χ1v) is 6.91. The predicted molar refractivity (Wildman–Crippen MR) is 70.8 cm³/mol. The second kappa shape index (κ2) is 4.46. The molecule has 0 N–H and O–H groups in total. The van der Waals surface area contributed by atoms with Gasteiger partial charge in [-0.1, -0.05) is 30.7 Å². The number of hydrogen-bond acceptors (Lipinski definition) is 2. The lowest BCUT2D eigenvalue weighted by Gasteiger charge is -2.26. The maximum atomic E-state index is 12.2. The van der Waals surface area contributed by atoms with E-state index in [0.29, 0.717) is 5.92 Å². The van der Waals surface area contributed by atoms with Gasteiger partial charge in [-0.2, -0.15) is 0 Å². The van der Waals surface area contributed by atoms with Crippen LogP contribution in [0.4, 0.5) is 0 Å². The van der Waals surface area contributed by atoms with E-state index >= 15 is 0 Å². The highest BCUT2D eigenvalue weighted by atomic mass is 32.1. The van der Waals surface area contributed by atoms with Crippen molar-refractivity contribution in [2.24, 2.45) is 0 Å². The molecule has 1 fully saturated rings. The molecular formula is C15H14OS. The Morgan fingerprint density at radius 2 is 2.06 bits per heavy atom. The topological polar surface area (TPSA) is 17.1 Å². The summed E-state index contributed by atoms with van der Waals surface area (Å²) in [7, 11) is 0. The third-order valence-corrected chi connectivity index (χ3v) is 4.34. The molecule has 0 bridgehead atoms. The van der Waals surface area contributed by atoms with Crippen LogP contribution in [0.5, 0.6) is 0 Å². The van der Waals surface area contributed by atoms with Crippen LogP contribution in [0.25, 0.3) is 0 Å². The Bertz CT molecular complexity index is 524. The third kappa shape index (κ3) is 2.05. The third-order valence-electron chi connectivity index (χ3n) is 3.47. The molecule has 0 saturated heterocycles. The van der Waals surface area contributed by atoms with Gasteiger partial charge in [-0.05, 0) is 41.8 Å². The summed E-state index contributed by atoms with van der Waals surface area (Å²) in [5.41, 5.74) is 2.16. The van der Waals surface area contributed by atoms with Crippen LogP contribution in [-0.4, -0.2) is 5.78 Å². The van der Waals surface area contributed by atoms with Crippen LogP contribution < -0.4 is 0 Å². The molecule has 2 heteroatoms. The Hall–Kier alpha value is -1.41. The monoisotopic (exact) mass is 242 g/mol. The van der Waals surface area contributed by atoms with E-state index in [2.05, 4.69) is 12.1 Å². The van der Waals surface area contributed by atoms with Gasteiger partial charge in [-0.3, -0.25) is 4.79 Å². The zero-order chi connectivity index (χ0) is 11.7. The summed E-state index contributed by atoms with van der Waals surface area (Å²) < 4.78 is 0. The van der Waals surface area contributed by atoms with Crippen molar-refractivity contribution in [1.82, 2.24) is 0 Å². The molecule has 3 rings (SSSR count). The van der Waals surface area contributed by atoms with E-state index in [0.717, 1.165) is 10.4 Å². The van der Waals surface area contributed by atoms with Crippen molar-refractivity contribution in [3.05, 3.63) is 57.8 Å². The van der Waals surface area contributed by atoms with Crippen molar-refractivity contribution in [1.29, 1.82) is 0 Å². The Morgan fingerprint density at radius 3 is 2.71 bits per heavy atom. The minimum absolute atomic E-state index is 0.154. The smallest absolute Gasteiger partial charge is 0.202 e. The van der Waals surface area contributed by atoms with Crippen molar-refractivity contribution < 1.29 is 4.79 Å². The molecule has 2 aromatic rings. The number of thiophene rings is 1. The largest absolute Gasteiger partial charge is 0.288 e. The minimum atomic E-state index is 0.154. The van der Waals surface area contributed by atoms with Gasteiger partial charge in [0.1, 0.15) is 0 Å². The Balaban J connectivity index is 1.90. The first-order chi connectivity index (χ1) is 8.34. The lowest BCUT2D eigenvalue weighted by molar-refractivity contribution is 0.104. The number of carbonyl (C=O) groups is 1. The van der Waals surface area contributed by atoms with E-state index in [1.54, 1.807) is 0 Å². The Kier molecular flexibility index (Phi) is 2.81. The quantitative estimate of drug-likeness (QED) is 0.735. The van der Waals surface area contributed by atoms with Crippen molar-refractivity contribution in [3.8, 4) is 0 Å². The molecule has 1 nitrogen and oxygen atoms in total. The van der Waals surface area contributed by atoms with E-state index in [1.807, 2.05) is 29.6 Å². The second-order valence-corrected chi connectivity index (χ2v) is 5.51. The second-order valence-electron chi connectivity index (χ2n) is 4.56. The lowest BCUT2D eigenvalue weighted by Crippen LogP contribution is -2.09. The number of benzene rings is 1. The van der Waals surface area contributed by atoms with E-state index in [4.69, 9.17) is 0 Å². The highest BCUT2D eigenvalue weighted by Gasteiger charge is 2.20. The molecule has 1 saturated carbocycles. The summed E-state index contributed by atoms with van der Waals surface area (Å²) in [6.45, 7) is 0. The van der Waals surface area contributed by atoms with Gasteiger partial charge in [0.05, 0.1) is 4.88 Å². The summed E-state index contributed by atoms with van der Waals surface area (Å²) in [4.78, 5) is 13.0. The van der Waals surface area contributed by atoms with E-state index in [9.17, 15) is 4.79 Å². The Labute approximate surface area is 105 Å². The number of ketones is 1. The summed E-state index contributed by atoms with van der Waals surface area (Å²) in [6.07, 6.45) is 3.88. The van der Waals surface area contributed by atoms with Crippen LogP contribution in [0.15, 0.2) is 41.8 Å². The molecular weight excluding hydrogens is 228 g/mol. The molecule has 86 valence electrons. The van der Waals surface area contributed by atoms with Gasteiger partial charge < -0.3 is 0 Å². The molecule has 1 aromatic heterocycles. The number of rotatable bonds is 3. The zero-order valence-corrected chi connectivity index (χ0v) is 10.4. The van der Waals surface area contributed by atoms with Gasteiger partial charge in [0.15, 0.2) is 0 Å². The standard InChI is InChI=1S/C15H14OS/c16-15(14-8-3-9-17-14)13-7-2-6-12(10-13)11-4-1-5-11/h2-3,6-11H,1,4-5H2. The molecule has 1 aliphatic carbocycles. The maximum Gasteiger partial charge on any atom is 0.202 e. The summed E-state index contributed by atoms with van der Waals surface area (Å²) in [5, 5.41) is 1.95. The fraction of sp³-hybridized carbons (Fsp3) is 0.267. The van der Waals surface area contributed by atoms with Crippen LogP contribution in [0, 0.1) is 0 Å². The number of hydrogen-bond donors (Lipinski definition) is 0. The van der Waals surface area contributed by atoms with Crippen molar-refractivity contribution in [2.45, 2.75) is 25.2 Å². The first kappa shape index (κ1) is 10.7. The van der Waals surface area contributed by atoms with Gasteiger partial charge in [-0.15, -0.1) is 11.3 Å². The summed E-state index contributed by atoms with van der Waals surface area (Å²) in [6, 6.07) is 12.0. The molecule has 0 radical (unpaired) electrons. The van der Waals surface area contributed by atoms with E-state index in [-0.39, 0.29) is 5.78 Å². The average molecular weight is 242 g/mol. The average Bonchev–Trinajstić information content (AvgIpc) is 2.79. The highest BCUT2D eigenvalue weighted by molar-refractivity contribution is 7.12. The molecule has 1 heterocycles. The lowest BCUT2D eigenvalue weighted by atomic mass is 9.79. The van der Waals surface area contributed by atoms with Crippen LogP contribution in [-0.2, 0) is 0 Å². The normalized spacial score (nSPS) is 15.5. The fourth-order valence-corrected chi connectivity index (χ4v) is 2.91. The molecule has 0 spiro atoms. The predicted octanol–water partition coefficient (Wildman–Crippen LogP) is 4.25. The molecule has 0 atom stereocenters. The van der Waals surface area contributed by atoms with E-state index < -0.39 is 0 Å². The van der Waals surface area contributed by atoms with Crippen molar-refractivity contribution in [3.63, 3.8) is 0 Å². The van der Waals surface area contributed by atoms with Gasteiger partial charge >= 0.3 is 0 Å². The molecule has 1 aliphatic rings.